The molecule has 0 spiro atoms. The van der Waals surface area contributed by atoms with Crippen LogP contribution in [-0.2, 0) is 16.6 Å². The molecule has 0 bridgehead atoms. The number of sulfonamides is 1. The molecule has 4 nitrogen and oxygen atoms in total. The van der Waals surface area contributed by atoms with Crippen molar-refractivity contribution in [1.82, 2.24) is 4.31 Å². The first-order valence-corrected chi connectivity index (χ1v) is 8.80. The molecule has 2 rings (SSSR count). The monoisotopic (exact) mass is 421 g/mol. The molecule has 1 aromatic heterocycles. The van der Waals surface area contributed by atoms with Crippen LogP contribution >= 0.6 is 31.9 Å². The van der Waals surface area contributed by atoms with E-state index in [0.29, 0.717) is 14.7 Å². The van der Waals surface area contributed by atoms with Gasteiger partial charge in [-0.1, -0.05) is 15.9 Å². The van der Waals surface area contributed by atoms with Crippen LogP contribution in [0.25, 0.3) is 0 Å². The molecule has 108 valence electrons. The summed E-state index contributed by atoms with van der Waals surface area (Å²) in [4.78, 5) is 0.220. The van der Waals surface area contributed by atoms with E-state index in [0.717, 1.165) is 5.76 Å². The van der Waals surface area contributed by atoms with Crippen molar-refractivity contribution in [2.45, 2.75) is 18.4 Å². The lowest BCUT2D eigenvalue weighted by atomic mass is 10.4. The molecule has 0 saturated carbocycles. The highest BCUT2D eigenvalue weighted by molar-refractivity contribution is 9.11. The Hall–Kier alpha value is -0.630. The van der Waals surface area contributed by atoms with Crippen molar-refractivity contribution in [2.75, 3.05) is 7.05 Å². The summed E-state index contributed by atoms with van der Waals surface area (Å²) < 4.78 is 33.0. The topological polar surface area (TPSA) is 50.5 Å². The SMILES string of the molecule is Cc1ccc(CN(C)S(=O)(=O)c2cc(Br)ccc2Br)o1. The van der Waals surface area contributed by atoms with Crippen molar-refractivity contribution in [2.24, 2.45) is 0 Å². The zero-order chi connectivity index (χ0) is 14.9. The molecule has 0 atom stereocenters. The summed E-state index contributed by atoms with van der Waals surface area (Å²) in [5.41, 5.74) is 0. The van der Waals surface area contributed by atoms with E-state index < -0.39 is 10.0 Å². The lowest BCUT2D eigenvalue weighted by Gasteiger charge is -2.17. The Morgan fingerprint density at radius 2 is 1.90 bits per heavy atom. The summed E-state index contributed by atoms with van der Waals surface area (Å²) in [5.74, 6) is 1.37. The van der Waals surface area contributed by atoms with E-state index in [1.54, 1.807) is 24.3 Å². The van der Waals surface area contributed by atoms with E-state index >= 15 is 0 Å². The highest BCUT2D eigenvalue weighted by Crippen LogP contribution is 2.28. The average Bonchev–Trinajstić information content (AvgIpc) is 2.77. The molecule has 20 heavy (non-hydrogen) atoms. The predicted molar refractivity (Wildman–Crippen MR) is 83.9 cm³/mol. The van der Waals surface area contributed by atoms with Crippen molar-refractivity contribution >= 4 is 41.9 Å². The minimum absolute atomic E-state index is 0.190. The molecule has 0 fully saturated rings. The summed E-state index contributed by atoms with van der Waals surface area (Å²) in [7, 11) is -2.06. The normalized spacial score (nSPS) is 12.1. The number of nitrogens with zero attached hydrogens (tertiary/aromatic N) is 1. The number of rotatable bonds is 4. The molecule has 0 N–H and O–H groups in total. The highest BCUT2D eigenvalue weighted by atomic mass is 79.9. The van der Waals surface area contributed by atoms with Gasteiger partial charge in [0.1, 0.15) is 11.5 Å². The molecule has 0 aliphatic rings. The predicted octanol–water partition coefficient (Wildman–Crippen LogP) is 3.93. The van der Waals surface area contributed by atoms with E-state index in [4.69, 9.17) is 4.42 Å². The fraction of sp³-hybridized carbons (Fsp3) is 0.231. The van der Waals surface area contributed by atoms with E-state index in [1.165, 1.54) is 11.4 Å². The van der Waals surface area contributed by atoms with E-state index in [9.17, 15) is 8.42 Å². The van der Waals surface area contributed by atoms with Gasteiger partial charge in [-0.3, -0.25) is 0 Å². The van der Waals surface area contributed by atoms with E-state index in [1.807, 2.05) is 13.0 Å². The third kappa shape index (κ3) is 3.33. The van der Waals surface area contributed by atoms with Gasteiger partial charge in [0.25, 0.3) is 0 Å². The quantitative estimate of drug-likeness (QED) is 0.749. The number of benzene rings is 1. The summed E-state index contributed by atoms with van der Waals surface area (Å²) in [5, 5.41) is 0. The first-order chi connectivity index (χ1) is 9.30. The van der Waals surface area contributed by atoms with Crippen LogP contribution in [0.3, 0.4) is 0 Å². The average molecular weight is 423 g/mol. The molecular formula is C13H13Br2NO3S. The van der Waals surface area contributed by atoms with Crippen molar-refractivity contribution in [3.05, 3.63) is 50.8 Å². The lowest BCUT2D eigenvalue weighted by Crippen LogP contribution is -2.26. The first kappa shape index (κ1) is 15.8. The van der Waals surface area contributed by atoms with Crippen LogP contribution in [0, 0.1) is 6.92 Å². The first-order valence-electron chi connectivity index (χ1n) is 5.77. The van der Waals surface area contributed by atoms with Gasteiger partial charge in [0.05, 0.1) is 11.4 Å². The van der Waals surface area contributed by atoms with Crippen LogP contribution in [0.2, 0.25) is 0 Å². The molecule has 0 amide bonds. The maximum absolute atomic E-state index is 12.5. The number of hydrogen-bond donors (Lipinski definition) is 0. The second-order valence-corrected chi connectivity index (χ2v) is 8.13. The second-order valence-electron chi connectivity index (χ2n) is 4.35. The number of halogens is 2. The standard InChI is InChI=1S/C13H13Br2NO3S/c1-9-3-5-11(19-9)8-16(2)20(17,18)13-7-10(14)4-6-12(13)15/h3-7H,8H2,1-2H3. The summed E-state index contributed by atoms with van der Waals surface area (Å²) in [6.45, 7) is 2.01. The largest absolute Gasteiger partial charge is 0.465 e. The second kappa shape index (κ2) is 6.01. The summed E-state index contributed by atoms with van der Waals surface area (Å²) in [6.07, 6.45) is 0. The van der Waals surface area contributed by atoms with Gasteiger partial charge in [-0.2, -0.15) is 4.31 Å². The van der Waals surface area contributed by atoms with Gasteiger partial charge in [0, 0.05) is 16.0 Å². The number of furan rings is 1. The number of aryl methyl sites for hydroxylation is 1. The third-order valence-electron chi connectivity index (χ3n) is 2.76. The molecule has 1 heterocycles. The Bertz CT molecular complexity index is 725. The van der Waals surface area contributed by atoms with E-state index in [-0.39, 0.29) is 11.4 Å². The van der Waals surface area contributed by atoms with Crippen LogP contribution in [0.5, 0.6) is 0 Å². The van der Waals surface area contributed by atoms with Gasteiger partial charge in [0.15, 0.2) is 0 Å². The van der Waals surface area contributed by atoms with Gasteiger partial charge in [-0.05, 0) is 53.2 Å². The van der Waals surface area contributed by atoms with Crippen LogP contribution in [0.1, 0.15) is 11.5 Å². The maximum atomic E-state index is 12.5. The fourth-order valence-corrected chi connectivity index (χ4v) is 4.31. The van der Waals surface area contributed by atoms with Crippen LogP contribution in [-0.4, -0.2) is 19.8 Å². The molecule has 0 aliphatic heterocycles. The zero-order valence-corrected chi connectivity index (χ0v) is 14.9. The van der Waals surface area contributed by atoms with Crippen LogP contribution < -0.4 is 0 Å². The molecule has 0 radical (unpaired) electrons. The van der Waals surface area contributed by atoms with Gasteiger partial charge in [-0.15, -0.1) is 0 Å². The van der Waals surface area contributed by atoms with Crippen molar-refractivity contribution in [3.8, 4) is 0 Å². The van der Waals surface area contributed by atoms with Gasteiger partial charge >= 0.3 is 0 Å². The number of hydrogen-bond acceptors (Lipinski definition) is 3. The summed E-state index contributed by atoms with van der Waals surface area (Å²) in [6, 6.07) is 8.63. The molecule has 0 aliphatic carbocycles. The molecule has 0 unspecified atom stereocenters. The molecule has 1 aromatic carbocycles. The minimum Gasteiger partial charge on any atom is -0.465 e. The minimum atomic E-state index is -3.58. The Balaban J connectivity index is 2.32. The van der Waals surface area contributed by atoms with Gasteiger partial charge in [0.2, 0.25) is 10.0 Å². The van der Waals surface area contributed by atoms with Gasteiger partial charge in [-0.25, -0.2) is 8.42 Å². The van der Waals surface area contributed by atoms with E-state index in [2.05, 4.69) is 31.9 Å². The lowest BCUT2D eigenvalue weighted by molar-refractivity contribution is 0.397. The van der Waals surface area contributed by atoms with Crippen molar-refractivity contribution in [3.63, 3.8) is 0 Å². The Morgan fingerprint density at radius 3 is 2.50 bits per heavy atom. The smallest absolute Gasteiger partial charge is 0.244 e. The molecular weight excluding hydrogens is 410 g/mol. The Kier molecular flexibility index (Phi) is 4.73. The third-order valence-corrected chi connectivity index (χ3v) is 6.05. The van der Waals surface area contributed by atoms with Gasteiger partial charge < -0.3 is 4.42 Å². The van der Waals surface area contributed by atoms with Crippen LogP contribution in [0.4, 0.5) is 0 Å². The van der Waals surface area contributed by atoms with Crippen molar-refractivity contribution in [1.29, 1.82) is 0 Å². The molecule has 2 aromatic rings. The Morgan fingerprint density at radius 1 is 1.20 bits per heavy atom. The van der Waals surface area contributed by atoms with Crippen molar-refractivity contribution < 1.29 is 12.8 Å². The Labute approximate surface area is 135 Å². The maximum Gasteiger partial charge on any atom is 0.244 e. The summed E-state index contributed by atoms with van der Waals surface area (Å²) >= 11 is 6.56. The van der Waals surface area contributed by atoms with Crippen LogP contribution in [0.15, 0.2) is 48.6 Å². The fourth-order valence-electron chi connectivity index (χ4n) is 1.72. The highest BCUT2D eigenvalue weighted by Gasteiger charge is 2.24. The zero-order valence-electron chi connectivity index (χ0n) is 10.9. The molecule has 7 heteroatoms. The molecule has 0 saturated heterocycles.